The van der Waals surface area contributed by atoms with Crippen molar-refractivity contribution >= 4 is 34.7 Å². The number of nitrogens with zero attached hydrogens (tertiary/aromatic N) is 4. The molecule has 0 spiro atoms. The molecule has 1 heterocycles. The lowest BCUT2D eigenvalue weighted by molar-refractivity contribution is -0.126. The lowest BCUT2D eigenvalue weighted by Crippen LogP contribution is -2.31. The van der Waals surface area contributed by atoms with E-state index in [0.29, 0.717) is 11.7 Å². The maximum Gasteiger partial charge on any atom is 0.242 e. The van der Waals surface area contributed by atoms with Crippen LogP contribution in [0.25, 0.3) is 0 Å². The zero-order valence-electron chi connectivity index (χ0n) is 16.6. The van der Waals surface area contributed by atoms with E-state index in [2.05, 4.69) is 22.0 Å². The van der Waals surface area contributed by atoms with Gasteiger partial charge < -0.3 is 4.90 Å². The van der Waals surface area contributed by atoms with E-state index in [4.69, 9.17) is 0 Å². The number of amides is 1. The molecule has 0 radical (unpaired) electrons. The second-order valence-electron chi connectivity index (χ2n) is 6.92. The summed E-state index contributed by atoms with van der Waals surface area (Å²) in [5.41, 5.74) is 3.20. The van der Waals surface area contributed by atoms with E-state index in [1.165, 1.54) is 11.8 Å². The summed E-state index contributed by atoms with van der Waals surface area (Å²) in [7, 11) is 4.02. The van der Waals surface area contributed by atoms with Gasteiger partial charge in [-0.2, -0.15) is 5.10 Å². The predicted octanol–water partition coefficient (Wildman–Crippen LogP) is 4.39. The molecule has 0 bridgehead atoms. The molecule has 3 rings (SSSR count). The highest BCUT2D eigenvalue weighted by atomic mass is 32.2. The summed E-state index contributed by atoms with van der Waals surface area (Å²) < 4.78 is 0. The van der Waals surface area contributed by atoms with E-state index in [1.54, 1.807) is 11.1 Å². The summed E-state index contributed by atoms with van der Waals surface area (Å²) in [4.78, 5) is 16.6. The molecule has 0 aliphatic carbocycles. The van der Waals surface area contributed by atoms with Gasteiger partial charge in [-0.3, -0.25) is 9.69 Å². The summed E-state index contributed by atoms with van der Waals surface area (Å²) in [6, 6.07) is 18.1. The maximum atomic E-state index is 12.8. The molecule has 5 nitrogen and oxygen atoms in total. The van der Waals surface area contributed by atoms with Gasteiger partial charge in [-0.1, -0.05) is 67.6 Å². The molecule has 28 heavy (non-hydrogen) atoms. The van der Waals surface area contributed by atoms with Gasteiger partial charge in [-0.15, -0.1) is 5.10 Å². The molecule has 6 heteroatoms. The third-order valence-electron chi connectivity index (χ3n) is 4.51. The average molecular weight is 395 g/mol. The molecule has 1 aliphatic heterocycles. The number of carbonyl (C=O) groups is 1. The molecule has 1 fully saturated rings. The van der Waals surface area contributed by atoms with Crippen molar-refractivity contribution in [3.05, 3.63) is 65.7 Å². The molecule has 2 aromatic carbocycles. The Balaban J connectivity index is 1.76. The van der Waals surface area contributed by atoms with Gasteiger partial charge in [0.05, 0.1) is 18.0 Å². The fourth-order valence-electron chi connectivity index (χ4n) is 2.95. The molecule has 0 N–H and O–H groups in total. The van der Waals surface area contributed by atoms with Crippen molar-refractivity contribution in [1.82, 2.24) is 4.90 Å². The summed E-state index contributed by atoms with van der Waals surface area (Å²) in [6.45, 7) is 2.62. The summed E-state index contributed by atoms with van der Waals surface area (Å²) in [5.74, 6) is 0.125. The first-order chi connectivity index (χ1) is 13.6. The summed E-state index contributed by atoms with van der Waals surface area (Å²) >= 11 is 1.52. The van der Waals surface area contributed by atoms with Crippen molar-refractivity contribution in [3.63, 3.8) is 0 Å². The van der Waals surface area contributed by atoms with E-state index in [0.717, 1.165) is 29.7 Å². The number of hydrogen-bond acceptors (Lipinski definition) is 5. The van der Waals surface area contributed by atoms with Crippen LogP contribution in [0.2, 0.25) is 0 Å². The minimum absolute atomic E-state index is 0.0676. The molecule has 146 valence electrons. The van der Waals surface area contributed by atoms with E-state index < -0.39 is 0 Å². The van der Waals surface area contributed by atoms with Gasteiger partial charge in [-0.05, 0) is 29.7 Å². The van der Waals surface area contributed by atoms with Crippen LogP contribution >= 0.6 is 11.8 Å². The number of rotatable bonds is 7. The SMILES string of the molecule is CCC[C@@H]1S/C(=N/N=C\c2ccc(N(C)C)cc2)N(Cc2ccccc2)C1=O. The number of anilines is 1. The van der Waals surface area contributed by atoms with Crippen molar-refractivity contribution in [2.45, 2.75) is 31.6 Å². The molecule has 0 aromatic heterocycles. The van der Waals surface area contributed by atoms with Crippen molar-refractivity contribution < 1.29 is 4.79 Å². The molecule has 1 aliphatic rings. The molecule has 1 amide bonds. The first-order valence-electron chi connectivity index (χ1n) is 9.49. The first kappa shape index (κ1) is 20.1. The Morgan fingerprint density at radius 2 is 1.82 bits per heavy atom. The third kappa shape index (κ3) is 5.01. The van der Waals surface area contributed by atoms with E-state index >= 15 is 0 Å². The van der Waals surface area contributed by atoms with Gasteiger partial charge >= 0.3 is 0 Å². The van der Waals surface area contributed by atoms with Crippen molar-refractivity contribution in [1.29, 1.82) is 0 Å². The smallest absolute Gasteiger partial charge is 0.242 e. The molecule has 2 aromatic rings. The Morgan fingerprint density at radius 3 is 2.46 bits per heavy atom. The van der Waals surface area contributed by atoms with Gasteiger partial charge in [0.25, 0.3) is 0 Å². The van der Waals surface area contributed by atoms with Crippen LogP contribution in [-0.4, -0.2) is 41.5 Å². The van der Waals surface area contributed by atoms with Crippen LogP contribution in [0.4, 0.5) is 5.69 Å². The molecular weight excluding hydrogens is 368 g/mol. The van der Waals surface area contributed by atoms with Gasteiger partial charge in [0.2, 0.25) is 5.91 Å². The fraction of sp³-hybridized carbons (Fsp3) is 0.318. The predicted molar refractivity (Wildman–Crippen MR) is 119 cm³/mol. The second-order valence-corrected chi connectivity index (χ2v) is 8.09. The van der Waals surface area contributed by atoms with Crippen LogP contribution in [0.15, 0.2) is 64.8 Å². The van der Waals surface area contributed by atoms with Crippen molar-refractivity contribution in [2.75, 3.05) is 19.0 Å². The molecule has 0 unspecified atom stereocenters. The molecule has 1 atom stereocenters. The average Bonchev–Trinajstić information content (AvgIpc) is 2.99. The van der Waals surface area contributed by atoms with E-state index in [-0.39, 0.29) is 11.2 Å². The fourth-order valence-corrected chi connectivity index (χ4v) is 4.16. The number of hydrogen-bond donors (Lipinski definition) is 0. The Hall–Kier alpha value is -2.60. The van der Waals surface area contributed by atoms with Crippen molar-refractivity contribution in [2.24, 2.45) is 10.2 Å². The summed E-state index contributed by atoms with van der Waals surface area (Å²) in [6.07, 6.45) is 3.55. The lowest BCUT2D eigenvalue weighted by Gasteiger charge is -2.15. The van der Waals surface area contributed by atoms with Gasteiger partial charge in [-0.25, -0.2) is 0 Å². The summed E-state index contributed by atoms with van der Waals surface area (Å²) in [5, 5.41) is 9.24. The zero-order chi connectivity index (χ0) is 19.9. The Kier molecular flexibility index (Phi) is 6.87. The second kappa shape index (κ2) is 9.55. The molecule has 1 saturated heterocycles. The van der Waals surface area contributed by atoms with Crippen molar-refractivity contribution in [3.8, 4) is 0 Å². The van der Waals surface area contributed by atoms with Crippen LogP contribution < -0.4 is 4.90 Å². The number of benzene rings is 2. The van der Waals surface area contributed by atoms with Crippen LogP contribution in [0.1, 0.15) is 30.9 Å². The standard InChI is InChI=1S/C22H26N4OS/c1-4-8-20-21(27)26(16-18-9-6-5-7-10-18)22(28-20)24-23-15-17-11-13-19(14-12-17)25(2)3/h5-7,9-15,20H,4,8,16H2,1-3H3/b23-15-,24-22+/t20-/m0/s1. The monoisotopic (exact) mass is 394 g/mol. The van der Waals surface area contributed by atoms with E-state index in [1.807, 2.05) is 68.7 Å². The number of amidine groups is 1. The Morgan fingerprint density at radius 1 is 1.11 bits per heavy atom. The van der Waals surface area contributed by atoms with Crippen LogP contribution in [0.5, 0.6) is 0 Å². The topological polar surface area (TPSA) is 48.3 Å². The Labute approximate surface area is 171 Å². The zero-order valence-corrected chi connectivity index (χ0v) is 17.4. The number of thioether (sulfide) groups is 1. The van der Waals surface area contributed by atoms with Crippen LogP contribution in [0, 0.1) is 0 Å². The third-order valence-corrected chi connectivity index (χ3v) is 5.75. The first-order valence-corrected chi connectivity index (χ1v) is 10.4. The lowest BCUT2D eigenvalue weighted by atomic mass is 10.2. The minimum Gasteiger partial charge on any atom is -0.378 e. The largest absolute Gasteiger partial charge is 0.378 e. The minimum atomic E-state index is -0.0676. The highest BCUT2D eigenvalue weighted by molar-refractivity contribution is 8.15. The van der Waals surface area contributed by atoms with E-state index in [9.17, 15) is 4.79 Å². The van der Waals surface area contributed by atoms with Crippen LogP contribution in [0.3, 0.4) is 0 Å². The normalized spacial score (nSPS) is 18.4. The quantitative estimate of drug-likeness (QED) is 0.517. The number of carbonyl (C=O) groups excluding carboxylic acids is 1. The Bertz CT molecular complexity index is 847. The highest BCUT2D eigenvalue weighted by Crippen LogP contribution is 2.31. The van der Waals surface area contributed by atoms with Gasteiger partial charge in [0, 0.05) is 19.8 Å². The van der Waals surface area contributed by atoms with Gasteiger partial charge in [0.15, 0.2) is 5.17 Å². The molecule has 0 saturated carbocycles. The van der Waals surface area contributed by atoms with Gasteiger partial charge in [0.1, 0.15) is 0 Å². The maximum absolute atomic E-state index is 12.8. The van der Waals surface area contributed by atoms with Crippen LogP contribution in [-0.2, 0) is 11.3 Å². The highest BCUT2D eigenvalue weighted by Gasteiger charge is 2.37. The molecular formula is C22H26N4OS.